The Hall–Kier alpha value is -3.52. The van der Waals surface area contributed by atoms with Crippen LogP contribution in [0.2, 0.25) is 0 Å². The molecule has 0 heterocycles. The Bertz CT molecular complexity index is 1150. The molecule has 27 heavy (non-hydrogen) atoms. The maximum atomic E-state index is 10.1. The number of fused-ring (bicyclic) bond motifs is 10. The Morgan fingerprint density at radius 1 is 0.444 bits per heavy atom. The van der Waals surface area contributed by atoms with Gasteiger partial charge in [-0.2, -0.15) is 0 Å². The van der Waals surface area contributed by atoms with Crippen LogP contribution in [0.25, 0.3) is 22.3 Å². The van der Waals surface area contributed by atoms with Crippen LogP contribution < -0.4 is 0 Å². The molecule has 2 aliphatic rings. The summed E-state index contributed by atoms with van der Waals surface area (Å²) < 4.78 is 0. The second-order valence-electron chi connectivity index (χ2n) is 7.30. The molecular weight excluding hydrogens is 332 g/mol. The van der Waals surface area contributed by atoms with Crippen LogP contribution in [0.1, 0.15) is 22.3 Å². The maximum absolute atomic E-state index is 10.1. The standard InChI is InChI=1S/C25H16O2/c26-15-9-11-23-19(13-15)17-5-1-3-7-21(17)25(23)22-8-4-2-6-18(22)20-14-16(27)10-12-24(20)25/h1-14,26-27H. The molecule has 0 aromatic heterocycles. The molecule has 6 rings (SSSR count). The van der Waals surface area contributed by atoms with Crippen molar-refractivity contribution in [1.82, 2.24) is 0 Å². The highest BCUT2D eigenvalue weighted by atomic mass is 16.3. The normalized spacial score (nSPS) is 14.5. The van der Waals surface area contributed by atoms with Crippen LogP contribution in [0.4, 0.5) is 0 Å². The van der Waals surface area contributed by atoms with Gasteiger partial charge >= 0.3 is 0 Å². The minimum Gasteiger partial charge on any atom is -0.508 e. The first-order valence-electron chi connectivity index (χ1n) is 9.08. The fourth-order valence-electron chi connectivity index (χ4n) is 5.12. The summed E-state index contributed by atoms with van der Waals surface area (Å²) in [7, 11) is 0. The number of phenols is 2. The van der Waals surface area contributed by atoms with Crippen LogP contribution in [0.5, 0.6) is 11.5 Å². The lowest BCUT2D eigenvalue weighted by atomic mass is 9.70. The Kier molecular flexibility index (Phi) is 2.60. The van der Waals surface area contributed by atoms with Crippen LogP contribution in [-0.4, -0.2) is 10.2 Å². The van der Waals surface area contributed by atoms with Gasteiger partial charge in [0.05, 0.1) is 5.41 Å². The number of hydrogen-bond acceptors (Lipinski definition) is 2. The highest BCUT2D eigenvalue weighted by Crippen LogP contribution is 2.63. The van der Waals surface area contributed by atoms with Crippen LogP contribution in [0, 0.1) is 0 Å². The van der Waals surface area contributed by atoms with E-state index in [4.69, 9.17) is 0 Å². The molecule has 4 aromatic rings. The van der Waals surface area contributed by atoms with Gasteiger partial charge in [0.2, 0.25) is 0 Å². The molecule has 0 saturated carbocycles. The molecule has 128 valence electrons. The van der Waals surface area contributed by atoms with Gasteiger partial charge in [-0.05, 0) is 68.8 Å². The van der Waals surface area contributed by atoms with Gasteiger partial charge in [-0.1, -0.05) is 60.7 Å². The van der Waals surface area contributed by atoms with E-state index in [-0.39, 0.29) is 11.5 Å². The Morgan fingerprint density at radius 3 is 1.33 bits per heavy atom. The average Bonchev–Trinajstić information content (AvgIpc) is 3.14. The van der Waals surface area contributed by atoms with Crippen molar-refractivity contribution in [3.8, 4) is 33.8 Å². The molecule has 2 nitrogen and oxygen atoms in total. The van der Waals surface area contributed by atoms with Gasteiger partial charge in [0.1, 0.15) is 11.5 Å². The summed E-state index contributed by atoms with van der Waals surface area (Å²) in [5.41, 5.74) is 8.84. The van der Waals surface area contributed by atoms with Gasteiger partial charge in [-0.25, -0.2) is 0 Å². The molecule has 0 radical (unpaired) electrons. The Morgan fingerprint density at radius 2 is 0.852 bits per heavy atom. The van der Waals surface area contributed by atoms with Crippen molar-refractivity contribution in [3.05, 3.63) is 107 Å². The summed E-state index contributed by atoms with van der Waals surface area (Å²) in [6.07, 6.45) is 0. The fraction of sp³-hybridized carbons (Fsp3) is 0.0400. The van der Waals surface area contributed by atoms with Gasteiger partial charge in [0.15, 0.2) is 0 Å². The van der Waals surface area contributed by atoms with Crippen molar-refractivity contribution in [2.75, 3.05) is 0 Å². The van der Waals surface area contributed by atoms with Gasteiger partial charge in [-0.3, -0.25) is 0 Å². The summed E-state index contributed by atoms with van der Waals surface area (Å²) in [6.45, 7) is 0. The zero-order valence-corrected chi connectivity index (χ0v) is 14.5. The highest BCUT2D eigenvalue weighted by Gasteiger charge is 2.51. The van der Waals surface area contributed by atoms with E-state index in [1.165, 1.54) is 22.3 Å². The predicted octanol–water partition coefficient (Wildman–Crippen LogP) is 5.44. The average molecular weight is 348 g/mol. The van der Waals surface area contributed by atoms with Crippen molar-refractivity contribution in [3.63, 3.8) is 0 Å². The molecule has 0 fully saturated rings. The lowest BCUT2D eigenvalue weighted by molar-refractivity contribution is 0.475. The molecule has 2 N–H and O–H groups in total. The van der Waals surface area contributed by atoms with Gasteiger partial charge in [0, 0.05) is 0 Å². The smallest absolute Gasteiger partial charge is 0.116 e. The van der Waals surface area contributed by atoms with Crippen LogP contribution in [0.3, 0.4) is 0 Å². The summed E-state index contributed by atoms with van der Waals surface area (Å²) >= 11 is 0. The molecule has 2 heteroatoms. The van der Waals surface area contributed by atoms with E-state index in [0.29, 0.717) is 0 Å². The number of phenolic OH excluding ortho intramolecular Hbond substituents is 2. The Balaban J connectivity index is 1.86. The number of rotatable bonds is 0. The third-order valence-electron chi connectivity index (χ3n) is 6.06. The third-order valence-corrected chi connectivity index (χ3v) is 6.06. The van der Waals surface area contributed by atoms with E-state index in [9.17, 15) is 10.2 Å². The first kappa shape index (κ1) is 14.6. The zero-order chi connectivity index (χ0) is 18.2. The predicted molar refractivity (Wildman–Crippen MR) is 106 cm³/mol. The minimum atomic E-state index is -0.417. The van der Waals surface area contributed by atoms with Crippen molar-refractivity contribution >= 4 is 0 Å². The van der Waals surface area contributed by atoms with Gasteiger partial charge < -0.3 is 10.2 Å². The van der Waals surface area contributed by atoms with E-state index in [1.54, 1.807) is 12.1 Å². The molecular formula is C25H16O2. The first-order chi connectivity index (χ1) is 13.2. The lowest BCUT2D eigenvalue weighted by Crippen LogP contribution is -2.25. The third kappa shape index (κ3) is 1.61. The van der Waals surface area contributed by atoms with Crippen molar-refractivity contribution in [2.24, 2.45) is 0 Å². The SMILES string of the molecule is Oc1ccc2c(c1)-c1ccccc1C21c2ccccc2-c2cc(O)ccc21. The lowest BCUT2D eigenvalue weighted by Gasteiger charge is -2.30. The van der Waals surface area contributed by atoms with E-state index in [1.807, 2.05) is 36.4 Å². The molecule has 0 amide bonds. The minimum absolute atomic E-state index is 0.276. The summed E-state index contributed by atoms with van der Waals surface area (Å²) in [4.78, 5) is 0. The molecule has 2 aliphatic carbocycles. The summed E-state index contributed by atoms with van der Waals surface area (Å²) in [5, 5.41) is 20.3. The molecule has 0 aliphatic heterocycles. The number of hydrogen-bond donors (Lipinski definition) is 2. The first-order valence-corrected chi connectivity index (χ1v) is 9.08. The van der Waals surface area contributed by atoms with Crippen LogP contribution >= 0.6 is 0 Å². The monoisotopic (exact) mass is 348 g/mol. The highest BCUT2D eigenvalue weighted by molar-refractivity contribution is 5.95. The summed E-state index contributed by atoms with van der Waals surface area (Å²) in [5.74, 6) is 0.552. The topological polar surface area (TPSA) is 40.5 Å². The van der Waals surface area contributed by atoms with Crippen LogP contribution in [0.15, 0.2) is 84.9 Å². The zero-order valence-electron chi connectivity index (χ0n) is 14.5. The molecule has 0 unspecified atom stereocenters. The van der Waals surface area contributed by atoms with Crippen molar-refractivity contribution in [1.29, 1.82) is 0 Å². The number of aromatic hydroxyl groups is 2. The van der Waals surface area contributed by atoms with Gasteiger partial charge in [0.25, 0.3) is 0 Å². The van der Waals surface area contributed by atoms with Crippen molar-refractivity contribution in [2.45, 2.75) is 5.41 Å². The summed E-state index contributed by atoms with van der Waals surface area (Å²) in [6, 6.07) is 28.2. The second kappa shape index (κ2) is 4.80. The van der Waals surface area contributed by atoms with E-state index in [0.717, 1.165) is 22.3 Å². The Labute approximate surface area is 157 Å². The maximum Gasteiger partial charge on any atom is 0.116 e. The van der Waals surface area contributed by atoms with Crippen molar-refractivity contribution < 1.29 is 10.2 Å². The van der Waals surface area contributed by atoms with E-state index < -0.39 is 5.41 Å². The molecule has 4 aromatic carbocycles. The molecule has 0 atom stereocenters. The largest absolute Gasteiger partial charge is 0.508 e. The molecule has 0 bridgehead atoms. The molecule has 0 saturated heterocycles. The van der Waals surface area contributed by atoms with E-state index >= 15 is 0 Å². The quantitative estimate of drug-likeness (QED) is 0.384. The fourth-order valence-corrected chi connectivity index (χ4v) is 5.12. The van der Waals surface area contributed by atoms with Crippen LogP contribution in [-0.2, 0) is 5.41 Å². The number of benzene rings is 4. The molecule has 1 spiro atoms. The van der Waals surface area contributed by atoms with Gasteiger partial charge in [-0.15, -0.1) is 0 Å². The van der Waals surface area contributed by atoms with E-state index in [2.05, 4.69) is 36.4 Å². The second-order valence-corrected chi connectivity index (χ2v) is 7.30.